The van der Waals surface area contributed by atoms with Crippen LogP contribution in [0, 0.1) is 6.92 Å². The van der Waals surface area contributed by atoms with Crippen molar-refractivity contribution in [3.63, 3.8) is 0 Å². The lowest BCUT2D eigenvalue weighted by Crippen LogP contribution is -2.14. The molecule has 3 heteroatoms. The molecule has 1 aromatic carbocycles. The van der Waals surface area contributed by atoms with Gasteiger partial charge in [-0.3, -0.25) is 4.79 Å². The van der Waals surface area contributed by atoms with E-state index in [-0.39, 0.29) is 5.91 Å². The lowest BCUT2D eigenvalue weighted by molar-refractivity contribution is -0.116. The molecule has 17 heavy (non-hydrogen) atoms. The number of amides is 1. The molecule has 0 unspecified atom stereocenters. The molecular weight excluding hydrogens is 212 g/mol. The SMILES string of the molecule is CCc1cccc(C)c1NC(=O)CCCCN. The lowest BCUT2D eigenvalue weighted by Gasteiger charge is -2.12. The van der Waals surface area contributed by atoms with Crippen LogP contribution in [0.3, 0.4) is 0 Å². The number of unbranched alkanes of at least 4 members (excludes halogenated alkanes) is 1. The van der Waals surface area contributed by atoms with E-state index < -0.39 is 0 Å². The maximum Gasteiger partial charge on any atom is 0.224 e. The van der Waals surface area contributed by atoms with E-state index in [1.54, 1.807) is 0 Å². The number of hydrogen-bond acceptors (Lipinski definition) is 2. The van der Waals surface area contributed by atoms with E-state index in [9.17, 15) is 4.79 Å². The van der Waals surface area contributed by atoms with Crippen molar-refractivity contribution >= 4 is 11.6 Å². The first-order valence-electron chi connectivity index (χ1n) is 6.27. The molecule has 0 aromatic heterocycles. The fourth-order valence-corrected chi connectivity index (χ4v) is 1.83. The number of anilines is 1. The highest BCUT2D eigenvalue weighted by Gasteiger charge is 2.07. The molecule has 1 aromatic rings. The predicted molar refractivity (Wildman–Crippen MR) is 72.1 cm³/mol. The molecule has 0 radical (unpaired) electrons. The first-order valence-corrected chi connectivity index (χ1v) is 6.27. The highest BCUT2D eigenvalue weighted by molar-refractivity contribution is 5.92. The molecule has 0 atom stereocenters. The van der Waals surface area contributed by atoms with Crippen LogP contribution in [0.15, 0.2) is 18.2 Å². The van der Waals surface area contributed by atoms with E-state index in [0.29, 0.717) is 13.0 Å². The third-order valence-corrected chi connectivity index (χ3v) is 2.86. The largest absolute Gasteiger partial charge is 0.330 e. The molecule has 0 aliphatic carbocycles. The number of para-hydroxylation sites is 1. The summed E-state index contributed by atoms with van der Waals surface area (Å²) in [7, 11) is 0. The highest BCUT2D eigenvalue weighted by Crippen LogP contribution is 2.21. The van der Waals surface area contributed by atoms with E-state index in [2.05, 4.69) is 18.3 Å². The minimum absolute atomic E-state index is 0.0856. The molecule has 0 aliphatic rings. The maximum absolute atomic E-state index is 11.8. The first-order chi connectivity index (χ1) is 8.19. The van der Waals surface area contributed by atoms with Crippen molar-refractivity contribution in [2.24, 2.45) is 5.73 Å². The van der Waals surface area contributed by atoms with Crippen LogP contribution in [0.2, 0.25) is 0 Å². The van der Waals surface area contributed by atoms with Gasteiger partial charge in [0.05, 0.1) is 0 Å². The summed E-state index contributed by atoms with van der Waals surface area (Å²) in [5.41, 5.74) is 8.70. The number of aryl methyl sites for hydroxylation is 2. The van der Waals surface area contributed by atoms with Crippen molar-refractivity contribution in [1.82, 2.24) is 0 Å². The van der Waals surface area contributed by atoms with Gasteiger partial charge in [0.1, 0.15) is 0 Å². The molecule has 94 valence electrons. The van der Waals surface area contributed by atoms with Crippen LogP contribution in [0.5, 0.6) is 0 Å². The quantitative estimate of drug-likeness (QED) is 0.743. The predicted octanol–water partition coefficient (Wildman–Crippen LogP) is 2.62. The van der Waals surface area contributed by atoms with Crippen molar-refractivity contribution in [3.8, 4) is 0 Å². The van der Waals surface area contributed by atoms with Crippen molar-refractivity contribution in [2.75, 3.05) is 11.9 Å². The van der Waals surface area contributed by atoms with E-state index in [1.807, 2.05) is 19.1 Å². The molecule has 3 nitrogen and oxygen atoms in total. The Labute approximate surface area is 103 Å². The third kappa shape index (κ3) is 4.19. The highest BCUT2D eigenvalue weighted by atomic mass is 16.1. The van der Waals surface area contributed by atoms with Crippen molar-refractivity contribution in [2.45, 2.75) is 39.5 Å². The van der Waals surface area contributed by atoms with Crippen LogP contribution in [-0.2, 0) is 11.2 Å². The molecule has 3 N–H and O–H groups in total. The van der Waals surface area contributed by atoms with E-state index in [0.717, 1.165) is 30.5 Å². The molecule has 0 aliphatic heterocycles. The summed E-state index contributed by atoms with van der Waals surface area (Å²) in [5, 5.41) is 3.01. The Hall–Kier alpha value is -1.35. The zero-order chi connectivity index (χ0) is 12.7. The Kier molecular flexibility index (Phi) is 5.70. The second-order valence-corrected chi connectivity index (χ2v) is 4.26. The average Bonchev–Trinajstić information content (AvgIpc) is 2.32. The van der Waals surface area contributed by atoms with Gasteiger partial charge in [0.25, 0.3) is 0 Å². The molecule has 1 amide bonds. The average molecular weight is 234 g/mol. The third-order valence-electron chi connectivity index (χ3n) is 2.86. The minimum Gasteiger partial charge on any atom is -0.330 e. The van der Waals surface area contributed by atoms with Gasteiger partial charge in [0.2, 0.25) is 5.91 Å². The lowest BCUT2D eigenvalue weighted by atomic mass is 10.1. The summed E-state index contributed by atoms with van der Waals surface area (Å²) >= 11 is 0. The van der Waals surface area contributed by atoms with Gasteiger partial charge < -0.3 is 11.1 Å². The van der Waals surface area contributed by atoms with E-state index in [4.69, 9.17) is 5.73 Å². The van der Waals surface area contributed by atoms with Gasteiger partial charge in [0.15, 0.2) is 0 Å². The zero-order valence-corrected chi connectivity index (χ0v) is 10.8. The van der Waals surface area contributed by atoms with E-state index in [1.165, 1.54) is 5.56 Å². The second kappa shape index (κ2) is 7.07. The normalized spacial score (nSPS) is 10.3. The number of benzene rings is 1. The molecule has 0 saturated heterocycles. The molecule has 1 rings (SSSR count). The van der Waals surface area contributed by atoms with Crippen LogP contribution >= 0.6 is 0 Å². The minimum atomic E-state index is 0.0856. The molecule has 0 bridgehead atoms. The maximum atomic E-state index is 11.8. The fourth-order valence-electron chi connectivity index (χ4n) is 1.83. The zero-order valence-electron chi connectivity index (χ0n) is 10.8. The fraction of sp³-hybridized carbons (Fsp3) is 0.500. The summed E-state index contributed by atoms with van der Waals surface area (Å²) in [6.07, 6.45) is 3.24. The van der Waals surface area contributed by atoms with Gasteiger partial charge >= 0.3 is 0 Å². The van der Waals surface area contributed by atoms with Crippen LogP contribution in [0.1, 0.15) is 37.3 Å². The van der Waals surface area contributed by atoms with Gasteiger partial charge in [0, 0.05) is 12.1 Å². The second-order valence-electron chi connectivity index (χ2n) is 4.26. The summed E-state index contributed by atoms with van der Waals surface area (Å²) in [5.74, 6) is 0.0856. The Morgan fingerprint density at radius 2 is 2.12 bits per heavy atom. The Balaban J connectivity index is 2.64. The number of nitrogens with two attached hydrogens (primary N) is 1. The van der Waals surface area contributed by atoms with Gasteiger partial charge in [-0.05, 0) is 43.9 Å². The topological polar surface area (TPSA) is 55.1 Å². The monoisotopic (exact) mass is 234 g/mol. The first kappa shape index (κ1) is 13.7. The molecule has 0 heterocycles. The molecular formula is C14H22N2O. The molecule has 0 fully saturated rings. The van der Waals surface area contributed by atoms with E-state index >= 15 is 0 Å². The summed E-state index contributed by atoms with van der Waals surface area (Å²) in [6, 6.07) is 6.11. The van der Waals surface area contributed by atoms with Gasteiger partial charge in [-0.15, -0.1) is 0 Å². The smallest absolute Gasteiger partial charge is 0.224 e. The van der Waals surface area contributed by atoms with Gasteiger partial charge in [-0.2, -0.15) is 0 Å². The van der Waals surface area contributed by atoms with Crippen molar-refractivity contribution < 1.29 is 4.79 Å². The standard InChI is InChI=1S/C14H22N2O/c1-3-12-8-6-7-11(2)14(12)16-13(17)9-4-5-10-15/h6-8H,3-5,9-10,15H2,1-2H3,(H,16,17). The van der Waals surface area contributed by atoms with Crippen LogP contribution in [0.25, 0.3) is 0 Å². The number of rotatable bonds is 6. The summed E-state index contributed by atoms with van der Waals surface area (Å²) in [4.78, 5) is 11.8. The van der Waals surface area contributed by atoms with Gasteiger partial charge in [-0.1, -0.05) is 25.1 Å². The van der Waals surface area contributed by atoms with Crippen LogP contribution < -0.4 is 11.1 Å². The van der Waals surface area contributed by atoms with Gasteiger partial charge in [-0.25, -0.2) is 0 Å². The Morgan fingerprint density at radius 1 is 1.35 bits per heavy atom. The Bertz CT molecular complexity index is 374. The van der Waals surface area contributed by atoms with Crippen LogP contribution in [0.4, 0.5) is 5.69 Å². The molecule has 0 saturated carbocycles. The number of carbonyl (C=O) groups is 1. The number of hydrogen-bond donors (Lipinski definition) is 2. The van der Waals surface area contributed by atoms with Crippen LogP contribution in [-0.4, -0.2) is 12.5 Å². The summed E-state index contributed by atoms with van der Waals surface area (Å²) < 4.78 is 0. The summed E-state index contributed by atoms with van der Waals surface area (Å²) in [6.45, 7) is 4.77. The number of carbonyl (C=O) groups excluding carboxylic acids is 1. The number of nitrogens with one attached hydrogen (secondary N) is 1. The van der Waals surface area contributed by atoms with Crippen molar-refractivity contribution in [1.29, 1.82) is 0 Å². The van der Waals surface area contributed by atoms with Crippen molar-refractivity contribution in [3.05, 3.63) is 29.3 Å². The molecule has 0 spiro atoms. The Morgan fingerprint density at radius 3 is 2.76 bits per heavy atom.